The third kappa shape index (κ3) is 6.85. The largest absolute Gasteiger partial charge is 0.492 e. The van der Waals surface area contributed by atoms with Gasteiger partial charge in [0, 0.05) is 11.9 Å². The van der Waals surface area contributed by atoms with Gasteiger partial charge < -0.3 is 15.4 Å². The molecule has 0 aromatic heterocycles. The van der Waals surface area contributed by atoms with E-state index in [0.717, 1.165) is 11.3 Å². The average molecular weight is 361 g/mol. The summed E-state index contributed by atoms with van der Waals surface area (Å²) in [5, 5.41) is 6.19. The summed E-state index contributed by atoms with van der Waals surface area (Å²) in [6.07, 6.45) is 0.145. The van der Waals surface area contributed by atoms with Crippen LogP contribution in [-0.4, -0.2) is 25.0 Å². The molecule has 2 N–H and O–H groups in total. The van der Waals surface area contributed by atoms with Gasteiger partial charge in [0.05, 0.1) is 19.0 Å². The van der Waals surface area contributed by atoms with E-state index in [0.29, 0.717) is 18.2 Å². The Bertz CT molecular complexity index is 690. The summed E-state index contributed by atoms with van der Waals surface area (Å²) in [6, 6.07) is 16.1. The molecule has 0 aliphatic carbocycles. The molecule has 0 saturated carbocycles. The topological polar surface area (TPSA) is 67.4 Å². The Balaban J connectivity index is 1.82. The Morgan fingerprint density at radius 3 is 2.40 bits per heavy atom. The molecule has 0 radical (unpaired) electrons. The van der Waals surface area contributed by atoms with Crippen molar-refractivity contribution < 1.29 is 14.3 Å². The lowest BCUT2D eigenvalue weighted by atomic mass is 10.0. The molecule has 2 amide bonds. The van der Waals surface area contributed by atoms with Gasteiger partial charge in [0.2, 0.25) is 11.8 Å². The van der Waals surface area contributed by atoms with E-state index >= 15 is 0 Å². The summed E-state index contributed by atoms with van der Waals surface area (Å²) < 4.78 is 5.52. The predicted octanol–water partition coefficient (Wildman–Crippen LogP) is 3.10. The molecule has 25 heavy (non-hydrogen) atoms. The first kappa shape index (κ1) is 18.8. The maximum absolute atomic E-state index is 12.1. The lowest BCUT2D eigenvalue weighted by molar-refractivity contribution is -0.122. The molecule has 5 nitrogen and oxygen atoms in total. The number of amides is 2. The molecule has 1 unspecified atom stereocenters. The van der Waals surface area contributed by atoms with Gasteiger partial charge in [-0.15, -0.1) is 0 Å². The summed E-state index contributed by atoms with van der Waals surface area (Å²) in [5.41, 5.74) is 0.829. The first-order valence-electron chi connectivity index (χ1n) is 8.01. The molecule has 2 aromatic rings. The van der Waals surface area contributed by atoms with Crippen molar-refractivity contribution in [3.8, 4) is 5.75 Å². The first-order chi connectivity index (χ1) is 12.0. The van der Waals surface area contributed by atoms with Gasteiger partial charge in [0.15, 0.2) is 0 Å². The Hall–Kier alpha value is -2.53. The van der Waals surface area contributed by atoms with Crippen LogP contribution in [0.2, 0.25) is 5.02 Å². The fourth-order valence-corrected chi connectivity index (χ4v) is 2.45. The van der Waals surface area contributed by atoms with E-state index in [1.807, 2.05) is 30.3 Å². The Kier molecular flexibility index (Phi) is 7.29. The minimum atomic E-state index is -0.398. The van der Waals surface area contributed by atoms with Gasteiger partial charge in [0.1, 0.15) is 12.4 Å². The van der Waals surface area contributed by atoms with Gasteiger partial charge >= 0.3 is 0 Å². The van der Waals surface area contributed by atoms with Crippen molar-refractivity contribution >= 4 is 23.4 Å². The number of para-hydroxylation sites is 1. The quantitative estimate of drug-likeness (QED) is 0.711. The van der Waals surface area contributed by atoms with Crippen LogP contribution in [0.25, 0.3) is 0 Å². The second-order valence-electron chi connectivity index (χ2n) is 5.52. The molecule has 0 bridgehead atoms. The van der Waals surface area contributed by atoms with Gasteiger partial charge in [-0.1, -0.05) is 41.9 Å². The summed E-state index contributed by atoms with van der Waals surface area (Å²) in [6.45, 7) is 2.19. The van der Waals surface area contributed by atoms with Crippen molar-refractivity contribution in [3.05, 3.63) is 65.2 Å². The van der Waals surface area contributed by atoms with Crippen LogP contribution >= 0.6 is 11.6 Å². The summed E-state index contributed by atoms with van der Waals surface area (Å²) in [4.78, 5) is 23.5. The molecular weight excluding hydrogens is 340 g/mol. The number of carbonyl (C=O) groups excluding carboxylic acids is 2. The van der Waals surface area contributed by atoms with E-state index < -0.39 is 6.04 Å². The number of halogens is 1. The van der Waals surface area contributed by atoms with E-state index in [4.69, 9.17) is 16.3 Å². The highest BCUT2D eigenvalue weighted by molar-refractivity contribution is 6.30. The zero-order chi connectivity index (χ0) is 18.1. The number of hydrogen-bond acceptors (Lipinski definition) is 3. The SMILES string of the molecule is CC(=O)NC(CC(=O)NCCOc1ccccc1)c1ccc(Cl)cc1. The smallest absolute Gasteiger partial charge is 0.222 e. The van der Waals surface area contributed by atoms with Crippen molar-refractivity contribution in [1.82, 2.24) is 10.6 Å². The third-order valence-electron chi connectivity index (χ3n) is 3.48. The van der Waals surface area contributed by atoms with Gasteiger partial charge in [-0.05, 0) is 29.8 Å². The van der Waals surface area contributed by atoms with E-state index in [1.165, 1.54) is 6.92 Å². The van der Waals surface area contributed by atoms with Crippen molar-refractivity contribution in [2.24, 2.45) is 0 Å². The number of benzene rings is 2. The molecule has 0 aliphatic heterocycles. The summed E-state index contributed by atoms with van der Waals surface area (Å²) >= 11 is 5.88. The fraction of sp³-hybridized carbons (Fsp3) is 0.263. The number of nitrogens with one attached hydrogen (secondary N) is 2. The van der Waals surface area contributed by atoms with Crippen LogP contribution in [-0.2, 0) is 9.59 Å². The molecule has 0 saturated heterocycles. The molecule has 0 aliphatic rings. The molecule has 132 valence electrons. The molecule has 0 fully saturated rings. The predicted molar refractivity (Wildman–Crippen MR) is 97.6 cm³/mol. The highest BCUT2D eigenvalue weighted by Crippen LogP contribution is 2.19. The number of rotatable bonds is 8. The van der Waals surface area contributed by atoms with Crippen LogP contribution < -0.4 is 15.4 Å². The number of hydrogen-bond donors (Lipinski definition) is 2. The van der Waals surface area contributed by atoms with Crippen LogP contribution in [0, 0.1) is 0 Å². The fourth-order valence-electron chi connectivity index (χ4n) is 2.33. The minimum absolute atomic E-state index is 0.145. The van der Waals surface area contributed by atoms with Crippen LogP contribution in [0.15, 0.2) is 54.6 Å². The van der Waals surface area contributed by atoms with Gasteiger partial charge in [-0.3, -0.25) is 9.59 Å². The van der Waals surface area contributed by atoms with E-state index in [-0.39, 0.29) is 18.2 Å². The molecule has 2 aromatic carbocycles. The molecular formula is C19H21ClN2O3. The lowest BCUT2D eigenvalue weighted by Crippen LogP contribution is -2.34. The standard InChI is InChI=1S/C19H21ClN2O3/c1-14(23)22-18(15-7-9-16(20)10-8-15)13-19(24)21-11-12-25-17-5-3-2-4-6-17/h2-10,18H,11-13H2,1H3,(H,21,24)(H,22,23). The third-order valence-corrected chi connectivity index (χ3v) is 3.73. The van der Waals surface area contributed by atoms with Crippen LogP contribution in [0.1, 0.15) is 24.9 Å². The van der Waals surface area contributed by atoms with Crippen molar-refractivity contribution in [2.75, 3.05) is 13.2 Å². The zero-order valence-corrected chi connectivity index (χ0v) is 14.8. The summed E-state index contributed by atoms with van der Waals surface area (Å²) in [7, 11) is 0. The maximum atomic E-state index is 12.1. The van der Waals surface area contributed by atoms with E-state index in [2.05, 4.69) is 10.6 Å². The Morgan fingerprint density at radius 2 is 1.76 bits per heavy atom. The van der Waals surface area contributed by atoms with Gasteiger partial charge in [-0.25, -0.2) is 0 Å². The van der Waals surface area contributed by atoms with Crippen molar-refractivity contribution in [1.29, 1.82) is 0 Å². The monoisotopic (exact) mass is 360 g/mol. The first-order valence-corrected chi connectivity index (χ1v) is 8.39. The normalized spacial score (nSPS) is 11.4. The molecule has 2 rings (SSSR count). The van der Waals surface area contributed by atoms with Gasteiger partial charge in [-0.2, -0.15) is 0 Å². The highest BCUT2D eigenvalue weighted by atomic mass is 35.5. The van der Waals surface area contributed by atoms with Crippen LogP contribution in [0.3, 0.4) is 0 Å². The minimum Gasteiger partial charge on any atom is -0.492 e. The van der Waals surface area contributed by atoms with E-state index in [1.54, 1.807) is 24.3 Å². The summed E-state index contributed by atoms with van der Waals surface area (Å²) in [5.74, 6) is 0.402. The second-order valence-corrected chi connectivity index (χ2v) is 5.96. The molecule has 1 atom stereocenters. The maximum Gasteiger partial charge on any atom is 0.222 e. The van der Waals surface area contributed by atoms with E-state index in [9.17, 15) is 9.59 Å². The van der Waals surface area contributed by atoms with Crippen LogP contribution in [0.4, 0.5) is 0 Å². The highest BCUT2D eigenvalue weighted by Gasteiger charge is 2.16. The number of ether oxygens (including phenoxy) is 1. The average Bonchev–Trinajstić information content (AvgIpc) is 2.59. The Labute approximate surface area is 152 Å². The van der Waals surface area contributed by atoms with Crippen molar-refractivity contribution in [2.45, 2.75) is 19.4 Å². The molecule has 0 spiro atoms. The van der Waals surface area contributed by atoms with Gasteiger partial charge in [0.25, 0.3) is 0 Å². The van der Waals surface area contributed by atoms with Crippen molar-refractivity contribution in [3.63, 3.8) is 0 Å². The second kappa shape index (κ2) is 9.69. The van der Waals surface area contributed by atoms with Crippen LogP contribution in [0.5, 0.6) is 5.75 Å². The Morgan fingerprint density at radius 1 is 1.08 bits per heavy atom. The molecule has 0 heterocycles. The zero-order valence-electron chi connectivity index (χ0n) is 14.0. The lowest BCUT2D eigenvalue weighted by Gasteiger charge is -2.18. The molecule has 6 heteroatoms. The number of carbonyl (C=O) groups is 2.